The Bertz CT molecular complexity index is 449. The van der Waals surface area contributed by atoms with Gasteiger partial charge in [0.05, 0.1) is 19.6 Å². The summed E-state index contributed by atoms with van der Waals surface area (Å²) in [6, 6.07) is -1.23. The van der Waals surface area contributed by atoms with Crippen molar-refractivity contribution in [3.05, 3.63) is 11.3 Å². The molecule has 0 fully saturated rings. The number of carboxylic acids is 1. The van der Waals surface area contributed by atoms with Crippen molar-refractivity contribution in [3.8, 4) is 0 Å². The SMILES string of the molecule is COC(=O)C(NC(=O)[C@@H](N)CC(=O)O)=C(C)CC(C)(C)C. The van der Waals surface area contributed by atoms with Crippen LogP contribution in [0, 0.1) is 5.41 Å². The number of rotatable bonds is 6. The summed E-state index contributed by atoms with van der Waals surface area (Å²) in [5, 5.41) is 11.0. The van der Waals surface area contributed by atoms with E-state index in [0.29, 0.717) is 12.0 Å². The van der Waals surface area contributed by atoms with Crippen LogP contribution in [0.5, 0.6) is 0 Å². The zero-order valence-electron chi connectivity index (χ0n) is 13.1. The lowest BCUT2D eigenvalue weighted by Crippen LogP contribution is -2.43. The first-order valence-corrected chi connectivity index (χ1v) is 6.54. The third-order valence-electron chi connectivity index (χ3n) is 2.59. The Hall–Kier alpha value is -1.89. The summed E-state index contributed by atoms with van der Waals surface area (Å²) >= 11 is 0. The maximum atomic E-state index is 11.8. The maximum Gasteiger partial charge on any atom is 0.354 e. The van der Waals surface area contributed by atoms with Gasteiger partial charge in [0.1, 0.15) is 5.70 Å². The van der Waals surface area contributed by atoms with Gasteiger partial charge in [-0.05, 0) is 24.3 Å². The summed E-state index contributed by atoms with van der Waals surface area (Å²) in [5.74, 6) is -2.61. The van der Waals surface area contributed by atoms with Crippen LogP contribution in [0.3, 0.4) is 0 Å². The van der Waals surface area contributed by atoms with Gasteiger partial charge in [-0.1, -0.05) is 20.8 Å². The molecule has 1 atom stereocenters. The van der Waals surface area contributed by atoms with Crippen LogP contribution in [0.15, 0.2) is 11.3 Å². The van der Waals surface area contributed by atoms with E-state index >= 15 is 0 Å². The minimum absolute atomic E-state index is 0.0123. The summed E-state index contributed by atoms with van der Waals surface area (Å²) in [7, 11) is 1.20. The Morgan fingerprint density at radius 1 is 1.29 bits per heavy atom. The molecule has 4 N–H and O–H groups in total. The Labute approximate surface area is 124 Å². The molecule has 0 aliphatic carbocycles. The average Bonchev–Trinajstić information content (AvgIpc) is 2.31. The number of hydrogen-bond donors (Lipinski definition) is 3. The van der Waals surface area contributed by atoms with Gasteiger partial charge >= 0.3 is 11.9 Å². The molecule has 0 aliphatic rings. The van der Waals surface area contributed by atoms with Gasteiger partial charge < -0.3 is 20.9 Å². The molecule has 0 radical (unpaired) electrons. The van der Waals surface area contributed by atoms with Gasteiger partial charge in [0.25, 0.3) is 0 Å². The summed E-state index contributed by atoms with van der Waals surface area (Å²) in [4.78, 5) is 34.2. The Balaban J connectivity index is 5.19. The number of carboxylic acid groups (broad SMARTS) is 1. The minimum atomic E-state index is -1.23. The number of amides is 1. The van der Waals surface area contributed by atoms with Crippen molar-refractivity contribution in [3.63, 3.8) is 0 Å². The fourth-order valence-corrected chi connectivity index (χ4v) is 1.81. The molecule has 7 heteroatoms. The largest absolute Gasteiger partial charge is 0.481 e. The second kappa shape index (κ2) is 7.78. The highest BCUT2D eigenvalue weighted by Crippen LogP contribution is 2.25. The number of esters is 1. The molecule has 120 valence electrons. The first kappa shape index (κ1) is 19.1. The predicted molar refractivity (Wildman–Crippen MR) is 77.2 cm³/mol. The number of carbonyl (C=O) groups excluding carboxylic acids is 2. The smallest absolute Gasteiger partial charge is 0.354 e. The van der Waals surface area contributed by atoms with Crippen LogP contribution in [-0.4, -0.2) is 36.1 Å². The number of ether oxygens (including phenoxy) is 1. The van der Waals surface area contributed by atoms with Crippen LogP contribution >= 0.6 is 0 Å². The first-order valence-electron chi connectivity index (χ1n) is 6.54. The van der Waals surface area contributed by atoms with Gasteiger partial charge in [-0.2, -0.15) is 0 Å². The topological polar surface area (TPSA) is 119 Å². The van der Waals surface area contributed by atoms with E-state index in [2.05, 4.69) is 10.1 Å². The molecule has 7 nitrogen and oxygen atoms in total. The second-order valence-electron chi connectivity index (χ2n) is 6.08. The van der Waals surface area contributed by atoms with E-state index < -0.39 is 30.3 Å². The van der Waals surface area contributed by atoms with Crippen molar-refractivity contribution in [1.29, 1.82) is 0 Å². The number of methoxy groups -OCH3 is 1. The van der Waals surface area contributed by atoms with Crippen LogP contribution in [0.4, 0.5) is 0 Å². The molecular weight excluding hydrogens is 276 g/mol. The van der Waals surface area contributed by atoms with Gasteiger partial charge in [0, 0.05) is 0 Å². The zero-order valence-corrected chi connectivity index (χ0v) is 13.1. The highest BCUT2D eigenvalue weighted by molar-refractivity contribution is 5.96. The van der Waals surface area contributed by atoms with Crippen LogP contribution in [0.25, 0.3) is 0 Å². The normalized spacial score (nSPS) is 14.0. The Kier molecular flexibility index (Phi) is 7.08. The quantitative estimate of drug-likeness (QED) is 0.493. The van der Waals surface area contributed by atoms with E-state index in [0.717, 1.165) is 0 Å². The number of nitrogens with two attached hydrogens (primary N) is 1. The fourth-order valence-electron chi connectivity index (χ4n) is 1.81. The van der Waals surface area contributed by atoms with Crippen LogP contribution in [0.2, 0.25) is 0 Å². The molecule has 0 saturated carbocycles. The van der Waals surface area contributed by atoms with Crippen LogP contribution in [-0.2, 0) is 19.1 Å². The van der Waals surface area contributed by atoms with E-state index in [4.69, 9.17) is 10.8 Å². The lowest BCUT2D eigenvalue weighted by Gasteiger charge is -2.21. The molecule has 0 aromatic rings. The van der Waals surface area contributed by atoms with E-state index in [9.17, 15) is 14.4 Å². The standard InChI is InChI=1S/C14H24N2O5/c1-8(7-14(2,3)4)11(13(20)21-5)16-12(19)9(15)6-10(17)18/h9H,6-7,15H2,1-5H3,(H,16,19)(H,17,18)/t9-/m0/s1. The molecule has 0 spiro atoms. The molecular formula is C14H24N2O5. The third-order valence-corrected chi connectivity index (χ3v) is 2.59. The van der Waals surface area contributed by atoms with E-state index in [-0.39, 0.29) is 11.1 Å². The molecule has 0 heterocycles. The zero-order chi connectivity index (χ0) is 16.8. The summed E-state index contributed by atoms with van der Waals surface area (Å²) in [6.45, 7) is 7.68. The van der Waals surface area contributed by atoms with Gasteiger partial charge in [-0.3, -0.25) is 9.59 Å². The van der Waals surface area contributed by atoms with Crippen molar-refractivity contribution in [2.45, 2.75) is 46.6 Å². The van der Waals surface area contributed by atoms with Crippen molar-refractivity contribution >= 4 is 17.8 Å². The number of hydrogen-bond acceptors (Lipinski definition) is 5. The van der Waals surface area contributed by atoms with E-state index in [1.807, 2.05) is 20.8 Å². The fraction of sp³-hybridized carbons (Fsp3) is 0.643. The third kappa shape index (κ3) is 7.45. The summed E-state index contributed by atoms with van der Waals surface area (Å²) < 4.78 is 4.64. The van der Waals surface area contributed by atoms with E-state index in [1.54, 1.807) is 6.92 Å². The number of allylic oxidation sites excluding steroid dienone is 1. The maximum absolute atomic E-state index is 11.8. The molecule has 0 aromatic carbocycles. The highest BCUT2D eigenvalue weighted by Gasteiger charge is 2.24. The van der Waals surface area contributed by atoms with Gasteiger partial charge in [0.2, 0.25) is 5.91 Å². The number of aliphatic carboxylic acids is 1. The lowest BCUT2D eigenvalue weighted by atomic mass is 9.87. The number of carbonyl (C=O) groups is 3. The first-order chi connectivity index (χ1) is 9.47. The molecule has 1 amide bonds. The van der Waals surface area contributed by atoms with Gasteiger partial charge in [-0.25, -0.2) is 4.79 Å². The average molecular weight is 300 g/mol. The summed E-state index contributed by atoms with van der Waals surface area (Å²) in [5.41, 5.74) is 6.04. The van der Waals surface area contributed by atoms with Crippen molar-refractivity contribution < 1.29 is 24.2 Å². The highest BCUT2D eigenvalue weighted by atomic mass is 16.5. The summed E-state index contributed by atoms with van der Waals surface area (Å²) in [6.07, 6.45) is 0.0461. The van der Waals surface area contributed by atoms with Crippen molar-refractivity contribution in [2.75, 3.05) is 7.11 Å². The molecule has 0 aromatic heterocycles. The predicted octanol–water partition coefficient (Wildman–Crippen LogP) is 0.788. The molecule has 21 heavy (non-hydrogen) atoms. The molecule has 0 rings (SSSR count). The monoisotopic (exact) mass is 300 g/mol. The second-order valence-corrected chi connectivity index (χ2v) is 6.08. The molecule has 0 bridgehead atoms. The Morgan fingerprint density at radius 2 is 1.81 bits per heavy atom. The van der Waals surface area contributed by atoms with Crippen molar-refractivity contribution in [2.24, 2.45) is 11.1 Å². The van der Waals surface area contributed by atoms with Crippen molar-refractivity contribution in [1.82, 2.24) is 5.32 Å². The van der Waals surface area contributed by atoms with Gasteiger partial charge in [0.15, 0.2) is 0 Å². The lowest BCUT2D eigenvalue weighted by molar-refractivity contribution is -0.139. The van der Waals surface area contributed by atoms with Crippen LogP contribution in [0.1, 0.15) is 40.5 Å². The molecule has 0 saturated heterocycles. The number of nitrogens with one attached hydrogen (secondary N) is 1. The van der Waals surface area contributed by atoms with Gasteiger partial charge in [-0.15, -0.1) is 0 Å². The molecule has 0 unspecified atom stereocenters. The Morgan fingerprint density at radius 3 is 2.19 bits per heavy atom. The van der Waals surface area contributed by atoms with E-state index in [1.165, 1.54) is 7.11 Å². The molecule has 0 aliphatic heterocycles. The van der Waals surface area contributed by atoms with Crippen LogP contribution < -0.4 is 11.1 Å². The minimum Gasteiger partial charge on any atom is -0.481 e.